The molecule has 1 N–H and O–H groups in total. The Kier molecular flexibility index (Phi) is 4.74. The molecule has 1 aliphatic rings. The van der Waals surface area contributed by atoms with Gasteiger partial charge in [0.05, 0.1) is 6.61 Å². The number of aliphatic hydroxyl groups is 1. The van der Waals surface area contributed by atoms with E-state index >= 15 is 0 Å². The average molecular weight is 185 g/mol. The van der Waals surface area contributed by atoms with Crippen molar-refractivity contribution in [3.05, 3.63) is 0 Å². The van der Waals surface area contributed by atoms with Crippen molar-refractivity contribution < 1.29 is 5.11 Å². The highest BCUT2D eigenvalue weighted by atomic mass is 16.3. The molecule has 0 saturated heterocycles. The van der Waals surface area contributed by atoms with E-state index < -0.39 is 0 Å². The maximum absolute atomic E-state index is 8.83. The number of rotatable bonds is 6. The predicted molar refractivity (Wildman–Crippen MR) is 55.8 cm³/mol. The maximum Gasteiger partial charge on any atom is 0.0558 e. The second-order valence-corrected chi connectivity index (χ2v) is 4.25. The number of unbranched alkanes of at least 4 members (excludes halogenated alkanes) is 1. The van der Waals surface area contributed by atoms with Crippen molar-refractivity contribution in [1.29, 1.82) is 0 Å². The Morgan fingerprint density at radius 1 is 1.38 bits per heavy atom. The minimum atomic E-state index is 0.299. The highest BCUT2D eigenvalue weighted by molar-refractivity contribution is 4.87. The average Bonchev–Trinajstić information content (AvgIpc) is 2.03. The van der Waals surface area contributed by atoms with Crippen molar-refractivity contribution in [3.63, 3.8) is 0 Å². The van der Waals surface area contributed by atoms with Crippen molar-refractivity contribution >= 4 is 0 Å². The Labute approximate surface area is 81.9 Å². The molecule has 1 fully saturated rings. The standard InChI is InChI=1S/C11H23NO/c1-3-4-5-10-6-7-11(10)12(2)8-9-13/h10-11,13H,3-9H2,1-2H3. The first-order chi connectivity index (χ1) is 6.29. The number of likely N-dealkylation sites (N-methyl/N-ethyl adjacent to an activating group) is 1. The van der Waals surface area contributed by atoms with Crippen LogP contribution in [-0.4, -0.2) is 36.2 Å². The molecule has 1 aliphatic carbocycles. The van der Waals surface area contributed by atoms with Crippen LogP contribution < -0.4 is 0 Å². The SMILES string of the molecule is CCCCC1CCC1N(C)CCO. The van der Waals surface area contributed by atoms with Gasteiger partial charge in [-0.1, -0.05) is 19.8 Å². The minimum absolute atomic E-state index is 0.299. The summed E-state index contributed by atoms with van der Waals surface area (Å²) in [5.41, 5.74) is 0. The first-order valence-corrected chi connectivity index (χ1v) is 5.60. The summed E-state index contributed by atoms with van der Waals surface area (Å²) in [4.78, 5) is 2.32. The molecule has 78 valence electrons. The first kappa shape index (κ1) is 11.0. The summed E-state index contributed by atoms with van der Waals surface area (Å²) in [6.45, 7) is 3.39. The summed E-state index contributed by atoms with van der Waals surface area (Å²) >= 11 is 0. The van der Waals surface area contributed by atoms with E-state index in [2.05, 4.69) is 18.9 Å². The predicted octanol–water partition coefficient (Wildman–Crippen LogP) is 1.88. The Morgan fingerprint density at radius 2 is 2.15 bits per heavy atom. The van der Waals surface area contributed by atoms with E-state index in [4.69, 9.17) is 5.11 Å². The lowest BCUT2D eigenvalue weighted by Crippen LogP contribution is -2.46. The summed E-state index contributed by atoms with van der Waals surface area (Å²) in [6.07, 6.45) is 6.81. The summed E-state index contributed by atoms with van der Waals surface area (Å²) in [5, 5.41) is 8.83. The lowest BCUT2D eigenvalue weighted by molar-refractivity contribution is 0.0632. The van der Waals surface area contributed by atoms with Crippen LogP contribution in [-0.2, 0) is 0 Å². The number of hydrogen-bond acceptors (Lipinski definition) is 2. The molecule has 2 nitrogen and oxygen atoms in total. The molecule has 0 aliphatic heterocycles. The summed E-state index contributed by atoms with van der Waals surface area (Å²) in [5.74, 6) is 0.913. The molecule has 1 saturated carbocycles. The molecule has 2 heteroatoms. The van der Waals surface area contributed by atoms with Crippen LogP contribution in [0.5, 0.6) is 0 Å². The zero-order valence-corrected chi connectivity index (χ0v) is 9.00. The molecule has 0 aromatic carbocycles. The van der Waals surface area contributed by atoms with E-state index in [0.29, 0.717) is 6.61 Å². The van der Waals surface area contributed by atoms with Gasteiger partial charge < -0.3 is 10.0 Å². The van der Waals surface area contributed by atoms with Gasteiger partial charge in [0.2, 0.25) is 0 Å². The molecule has 1 rings (SSSR count). The van der Waals surface area contributed by atoms with E-state index in [0.717, 1.165) is 18.5 Å². The van der Waals surface area contributed by atoms with Crippen LogP contribution in [0.15, 0.2) is 0 Å². The third-order valence-corrected chi connectivity index (χ3v) is 3.32. The molecular weight excluding hydrogens is 162 g/mol. The minimum Gasteiger partial charge on any atom is -0.395 e. The number of nitrogens with zero attached hydrogens (tertiary/aromatic N) is 1. The van der Waals surface area contributed by atoms with Gasteiger partial charge in [-0.05, 0) is 32.2 Å². The third kappa shape index (κ3) is 2.96. The molecule has 0 heterocycles. The van der Waals surface area contributed by atoms with Crippen molar-refractivity contribution in [2.45, 2.75) is 45.1 Å². The van der Waals surface area contributed by atoms with E-state index in [1.165, 1.54) is 32.1 Å². The molecule has 2 atom stereocenters. The van der Waals surface area contributed by atoms with E-state index in [1.807, 2.05) is 0 Å². The van der Waals surface area contributed by atoms with Crippen LogP contribution in [0.4, 0.5) is 0 Å². The molecule has 0 radical (unpaired) electrons. The van der Waals surface area contributed by atoms with Gasteiger partial charge >= 0.3 is 0 Å². The third-order valence-electron chi connectivity index (χ3n) is 3.32. The lowest BCUT2D eigenvalue weighted by atomic mass is 9.76. The van der Waals surface area contributed by atoms with Crippen molar-refractivity contribution in [3.8, 4) is 0 Å². The van der Waals surface area contributed by atoms with Crippen LogP contribution >= 0.6 is 0 Å². The zero-order valence-electron chi connectivity index (χ0n) is 9.00. The molecule has 13 heavy (non-hydrogen) atoms. The number of aliphatic hydroxyl groups excluding tert-OH is 1. The molecule has 2 unspecified atom stereocenters. The van der Waals surface area contributed by atoms with Crippen LogP contribution in [0.2, 0.25) is 0 Å². The van der Waals surface area contributed by atoms with Crippen LogP contribution in [0.3, 0.4) is 0 Å². The Balaban J connectivity index is 2.19. The Hall–Kier alpha value is -0.0800. The molecule has 0 spiro atoms. The zero-order chi connectivity index (χ0) is 9.68. The smallest absolute Gasteiger partial charge is 0.0558 e. The largest absolute Gasteiger partial charge is 0.395 e. The summed E-state index contributed by atoms with van der Waals surface area (Å²) in [6, 6.07) is 0.763. The molecule has 0 bridgehead atoms. The second kappa shape index (κ2) is 5.61. The van der Waals surface area contributed by atoms with E-state index in [-0.39, 0.29) is 0 Å². The van der Waals surface area contributed by atoms with Crippen molar-refractivity contribution in [1.82, 2.24) is 4.90 Å². The fourth-order valence-electron chi connectivity index (χ4n) is 2.26. The monoisotopic (exact) mass is 185 g/mol. The van der Waals surface area contributed by atoms with Gasteiger partial charge in [0, 0.05) is 12.6 Å². The van der Waals surface area contributed by atoms with Gasteiger partial charge in [-0.2, -0.15) is 0 Å². The van der Waals surface area contributed by atoms with Gasteiger partial charge in [-0.3, -0.25) is 0 Å². The maximum atomic E-state index is 8.83. The van der Waals surface area contributed by atoms with Gasteiger partial charge in [-0.25, -0.2) is 0 Å². The van der Waals surface area contributed by atoms with Gasteiger partial charge in [-0.15, -0.1) is 0 Å². The fraction of sp³-hybridized carbons (Fsp3) is 1.00. The topological polar surface area (TPSA) is 23.5 Å². The quantitative estimate of drug-likeness (QED) is 0.683. The number of hydrogen-bond donors (Lipinski definition) is 1. The highest BCUT2D eigenvalue weighted by Gasteiger charge is 2.32. The van der Waals surface area contributed by atoms with E-state index in [1.54, 1.807) is 0 Å². The first-order valence-electron chi connectivity index (χ1n) is 5.60. The Morgan fingerprint density at radius 3 is 2.62 bits per heavy atom. The molecular formula is C11H23NO. The molecule has 0 amide bonds. The molecule has 0 aromatic heterocycles. The summed E-state index contributed by atoms with van der Waals surface area (Å²) < 4.78 is 0. The van der Waals surface area contributed by atoms with Gasteiger partial charge in [0.15, 0.2) is 0 Å². The van der Waals surface area contributed by atoms with E-state index in [9.17, 15) is 0 Å². The van der Waals surface area contributed by atoms with Gasteiger partial charge in [0.25, 0.3) is 0 Å². The summed E-state index contributed by atoms with van der Waals surface area (Å²) in [7, 11) is 2.14. The fourth-order valence-corrected chi connectivity index (χ4v) is 2.26. The normalized spacial score (nSPS) is 27.7. The van der Waals surface area contributed by atoms with Crippen molar-refractivity contribution in [2.75, 3.05) is 20.2 Å². The van der Waals surface area contributed by atoms with Crippen LogP contribution in [0, 0.1) is 5.92 Å². The lowest BCUT2D eigenvalue weighted by Gasteiger charge is -2.42. The van der Waals surface area contributed by atoms with Crippen LogP contribution in [0.25, 0.3) is 0 Å². The van der Waals surface area contributed by atoms with Gasteiger partial charge in [0.1, 0.15) is 0 Å². The van der Waals surface area contributed by atoms with Crippen molar-refractivity contribution in [2.24, 2.45) is 5.92 Å². The Bertz CT molecular complexity index is 138. The molecule has 0 aromatic rings. The highest BCUT2D eigenvalue weighted by Crippen LogP contribution is 2.34. The van der Waals surface area contributed by atoms with Crippen LogP contribution in [0.1, 0.15) is 39.0 Å². The second-order valence-electron chi connectivity index (χ2n) is 4.25.